The fourth-order valence-electron chi connectivity index (χ4n) is 1.32. The monoisotopic (exact) mass is 205 g/mol. The Morgan fingerprint density at radius 2 is 1.87 bits per heavy atom. The van der Waals surface area contributed by atoms with Crippen LogP contribution in [-0.4, -0.2) is 24.4 Å². The van der Waals surface area contributed by atoms with Crippen LogP contribution in [-0.2, 0) is 0 Å². The summed E-state index contributed by atoms with van der Waals surface area (Å²) in [6, 6.07) is 5.42. The van der Waals surface area contributed by atoms with Crippen molar-refractivity contribution in [3.63, 3.8) is 0 Å². The Morgan fingerprint density at radius 1 is 1.20 bits per heavy atom. The first-order valence-electron chi connectivity index (χ1n) is 4.28. The largest absolute Gasteiger partial charge is 0.496 e. The van der Waals surface area contributed by atoms with Gasteiger partial charge in [0.2, 0.25) is 5.82 Å². The lowest BCUT2D eigenvalue weighted by Gasteiger charge is -2.09. The molecule has 0 spiro atoms. The Kier molecular flexibility index (Phi) is 2.53. The number of benzene rings is 1. The van der Waals surface area contributed by atoms with E-state index in [1.54, 1.807) is 26.4 Å². The maximum absolute atomic E-state index is 5.20. The first-order chi connectivity index (χ1) is 7.36. The van der Waals surface area contributed by atoms with E-state index >= 15 is 0 Å². The van der Waals surface area contributed by atoms with Crippen LogP contribution in [0.5, 0.6) is 11.5 Å². The number of hydrogen-bond donors (Lipinski definition) is 0. The summed E-state index contributed by atoms with van der Waals surface area (Å²) in [4.78, 5) is 3.84. The topological polar surface area (TPSA) is 57.4 Å². The van der Waals surface area contributed by atoms with Crippen molar-refractivity contribution in [2.45, 2.75) is 0 Å². The maximum Gasteiger partial charge on any atom is 0.316 e. The molecule has 5 nitrogen and oxygen atoms in total. The number of hydrogen-bond acceptors (Lipinski definition) is 5. The van der Waals surface area contributed by atoms with Crippen LogP contribution in [0, 0.1) is 6.39 Å². The van der Waals surface area contributed by atoms with Gasteiger partial charge in [-0.05, 0) is 12.1 Å². The van der Waals surface area contributed by atoms with Crippen LogP contribution in [0.1, 0.15) is 0 Å². The molecule has 0 fully saturated rings. The third kappa shape index (κ3) is 1.63. The Hall–Kier alpha value is -2.04. The molecule has 0 aliphatic rings. The number of aromatic nitrogens is 2. The fraction of sp³-hybridized carbons (Fsp3) is 0.200. The van der Waals surface area contributed by atoms with Gasteiger partial charge in [0.05, 0.1) is 14.2 Å². The molecule has 1 radical (unpaired) electrons. The number of methoxy groups -OCH3 is 2. The average Bonchev–Trinajstić information content (AvgIpc) is 2.81. The predicted octanol–water partition coefficient (Wildman–Crippen LogP) is 1.55. The highest BCUT2D eigenvalue weighted by Gasteiger charge is 2.15. The average molecular weight is 205 g/mol. The van der Waals surface area contributed by atoms with Crippen molar-refractivity contribution in [1.29, 1.82) is 0 Å². The normalized spacial score (nSPS) is 10.0. The van der Waals surface area contributed by atoms with Crippen molar-refractivity contribution in [3.05, 3.63) is 24.6 Å². The van der Waals surface area contributed by atoms with Crippen molar-refractivity contribution < 1.29 is 14.0 Å². The van der Waals surface area contributed by atoms with Crippen molar-refractivity contribution in [2.24, 2.45) is 0 Å². The van der Waals surface area contributed by atoms with E-state index < -0.39 is 0 Å². The summed E-state index contributed by atoms with van der Waals surface area (Å²) < 4.78 is 15.0. The molecule has 2 rings (SSSR count). The zero-order valence-electron chi connectivity index (χ0n) is 8.35. The summed E-state index contributed by atoms with van der Waals surface area (Å²) in [5.74, 6) is 1.65. The maximum atomic E-state index is 5.20. The van der Waals surface area contributed by atoms with E-state index in [0.29, 0.717) is 22.9 Å². The lowest BCUT2D eigenvalue weighted by Crippen LogP contribution is -1.93. The lowest BCUT2D eigenvalue weighted by molar-refractivity contribution is 0.392. The van der Waals surface area contributed by atoms with Gasteiger partial charge in [0.25, 0.3) is 0 Å². The van der Waals surface area contributed by atoms with Crippen LogP contribution in [0.2, 0.25) is 0 Å². The van der Waals surface area contributed by atoms with Crippen molar-refractivity contribution in [3.8, 4) is 22.9 Å². The summed E-state index contributed by atoms with van der Waals surface area (Å²) in [6.07, 6.45) is 2.28. The van der Waals surface area contributed by atoms with E-state index in [9.17, 15) is 0 Å². The quantitative estimate of drug-likeness (QED) is 0.760. The minimum absolute atomic E-state index is 0.393. The summed E-state index contributed by atoms with van der Waals surface area (Å²) in [5, 5.41) is 3.70. The highest BCUT2D eigenvalue weighted by atomic mass is 16.5. The van der Waals surface area contributed by atoms with E-state index in [0.717, 1.165) is 0 Å². The van der Waals surface area contributed by atoms with Crippen LogP contribution < -0.4 is 9.47 Å². The first-order valence-corrected chi connectivity index (χ1v) is 4.28. The molecule has 0 N–H and O–H groups in total. The summed E-state index contributed by atoms with van der Waals surface area (Å²) >= 11 is 0. The van der Waals surface area contributed by atoms with Gasteiger partial charge in [-0.2, -0.15) is 4.98 Å². The van der Waals surface area contributed by atoms with Crippen LogP contribution >= 0.6 is 0 Å². The van der Waals surface area contributed by atoms with Crippen LogP contribution in [0.15, 0.2) is 22.7 Å². The highest BCUT2D eigenvalue weighted by molar-refractivity contribution is 5.71. The molecule has 0 saturated carbocycles. The van der Waals surface area contributed by atoms with Gasteiger partial charge in [-0.1, -0.05) is 11.2 Å². The SMILES string of the molecule is COc1cccc(OC)c1-c1n[c]on1. The molecule has 5 heteroatoms. The molecule has 1 heterocycles. The Labute approximate surface area is 86.6 Å². The smallest absolute Gasteiger partial charge is 0.316 e. The second kappa shape index (κ2) is 4.00. The molecular weight excluding hydrogens is 196 g/mol. The lowest BCUT2D eigenvalue weighted by atomic mass is 10.1. The molecule has 0 unspecified atom stereocenters. The number of ether oxygens (including phenoxy) is 2. The summed E-state index contributed by atoms with van der Waals surface area (Å²) in [7, 11) is 3.14. The molecule has 1 aromatic heterocycles. The highest BCUT2D eigenvalue weighted by Crippen LogP contribution is 2.35. The van der Waals surface area contributed by atoms with Gasteiger partial charge in [0, 0.05) is 0 Å². The van der Waals surface area contributed by atoms with E-state index in [1.807, 2.05) is 6.07 Å². The number of nitrogens with zero attached hydrogens (tertiary/aromatic N) is 2. The van der Waals surface area contributed by atoms with Crippen LogP contribution in [0.3, 0.4) is 0 Å². The summed E-state index contributed by atoms with van der Waals surface area (Å²) in [5.41, 5.74) is 0.660. The molecule has 0 aliphatic heterocycles. The van der Waals surface area contributed by atoms with Crippen molar-refractivity contribution in [1.82, 2.24) is 10.1 Å². The first kappa shape index (κ1) is 9.51. The molecule has 0 saturated heterocycles. The van der Waals surface area contributed by atoms with Gasteiger partial charge in [-0.3, -0.25) is 0 Å². The zero-order chi connectivity index (χ0) is 10.7. The van der Waals surface area contributed by atoms with E-state index in [-0.39, 0.29) is 0 Å². The molecular formula is C10H9N2O3. The molecule has 0 atom stereocenters. The third-order valence-corrected chi connectivity index (χ3v) is 1.98. The van der Waals surface area contributed by atoms with Crippen LogP contribution in [0.4, 0.5) is 0 Å². The molecule has 0 amide bonds. The molecule has 1 aromatic carbocycles. The minimum Gasteiger partial charge on any atom is -0.496 e. The minimum atomic E-state index is 0.393. The van der Waals surface area contributed by atoms with Gasteiger partial charge in [0.1, 0.15) is 17.1 Å². The molecule has 15 heavy (non-hydrogen) atoms. The second-order valence-corrected chi connectivity index (χ2v) is 2.75. The van der Waals surface area contributed by atoms with E-state index in [4.69, 9.17) is 9.47 Å². The summed E-state index contributed by atoms with van der Waals surface area (Å²) in [6.45, 7) is 0. The third-order valence-electron chi connectivity index (χ3n) is 1.98. The van der Waals surface area contributed by atoms with Gasteiger partial charge in [-0.25, -0.2) is 0 Å². The molecule has 77 valence electrons. The van der Waals surface area contributed by atoms with Crippen molar-refractivity contribution in [2.75, 3.05) is 14.2 Å². The predicted molar refractivity (Wildman–Crippen MR) is 51.7 cm³/mol. The van der Waals surface area contributed by atoms with Crippen molar-refractivity contribution >= 4 is 0 Å². The van der Waals surface area contributed by atoms with Crippen LogP contribution in [0.25, 0.3) is 11.4 Å². The van der Waals surface area contributed by atoms with Gasteiger partial charge in [0.15, 0.2) is 0 Å². The van der Waals surface area contributed by atoms with E-state index in [1.165, 1.54) is 0 Å². The standard InChI is InChI=1S/C10H9N2O3/c1-13-7-4-3-5-8(14-2)9(7)10-11-6-15-12-10/h3-5H,1-2H3. The Bertz CT molecular complexity index is 418. The van der Waals surface area contributed by atoms with Gasteiger partial charge < -0.3 is 14.0 Å². The van der Waals surface area contributed by atoms with E-state index in [2.05, 4.69) is 21.1 Å². The Balaban J connectivity index is 2.61. The fourth-order valence-corrected chi connectivity index (χ4v) is 1.32. The van der Waals surface area contributed by atoms with Gasteiger partial charge >= 0.3 is 6.39 Å². The molecule has 0 bridgehead atoms. The Morgan fingerprint density at radius 3 is 2.33 bits per heavy atom. The molecule has 2 aromatic rings. The van der Waals surface area contributed by atoms with Gasteiger partial charge in [-0.15, -0.1) is 0 Å². The zero-order valence-corrected chi connectivity index (χ0v) is 8.35. The second-order valence-electron chi connectivity index (χ2n) is 2.75. The molecule has 0 aliphatic carbocycles. The number of rotatable bonds is 3.